The topological polar surface area (TPSA) is 3.24 Å². The fourth-order valence-corrected chi connectivity index (χ4v) is 3.51. The molecule has 1 aliphatic heterocycles. The molecule has 0 amide bonds. The molecule has 1 saturated heterocycles. The van der Waals surface area contributed by atoms with Gasteiger partial charge in [0, 0.05) is 22.4 Å². The van der Waals surface area contributed by atoms with E-state index in [2.05, 4.69) is 36.8 Å². The summed E-state index contributed by atoms with van der Waals surface area (Å²) in [5.41, 5.74) is 0.220. The van der Waals surface area contributed by atoms with Gasteiger partial charge in [0.2, 0.25) is 0 Å². The minimum Gasteiger partial charge on any atom is -0.367 e. The molecule has 1 fully saturated rings. The maximum atomic E-state index is 12.6. The van der Waals surface area contributed by atoms with E-state index in [4.69, 9.17) is 0 Å². The molecule has 2 rings (SSSR count). The third kappa shape index (κ3) is 2.85. The molecular weight excluding hydrogens is 375 g/mol. The Balaban J connectivity index is 2.30. The Morgan fingerprint density at radius 1 is 1.33 bits per heavy atom. The van der Waals surface area contributed by atoms with Gasteiger partial charge in [0.15, 0.2) is 0 Å². The highest BCUT2D eigenvalue weighted by molar-refractivity contribution is 9.10. The number of hydrogen-bond acceptors (Lipinski definition) is 1. The Labute approximate surface area is 121 Å². The van der Waals surface area contributed by atoms with Crippen LogP contribution in [0.15, 0.2) is 22.7 Å². The predicted molar refractivity (Wildman–Crippen MR) is 73.3 cm³/mol. The molecule has 1 unspecified atom stereocenters. The first-order chi connectivity index (χ1) is 8.43. The van der Waals surface area contributed by atoms with Crippen molar-refractivity contribution < 1.29 is 13.2 Å². The van der Waals surface area contributed by atoms with Crippen molar-refractivity contribution in [3.63, 3.8) is 0 Å². The normalized spacial score (nSPS) is 20.5. The summed E-state index contributed by atoms with van der Waals surface area (Å²) in [5.74, 6) is 0. The zero-order valence-corrected chi connectivity index (χ0v) is 12.6. The smallest absolute Gasteiger partial charge is 0.367 e. The van der Waals surface area contributed by atoms with Crippen molar-refractivity contribution >= 4 is 37.5 Å². The van der Waals surface area contributed by atoms with Crippen LogP contribution in [0.5, 0.6) is 0 Å². The van der Waals surface area contributed by atoms with Gasteiger partial charge in [-0.2, -0.15) is 13.2 Å². The largest absolute Gasteiger partial charge is 0.416 e. The lowest BCUT2D eigenvalue weighted by Crippen LogP contribution is -2.30. The third-order valence-corrected chi connectivity index (χ3v) is 4.52. The van der Waals surface area contributed by atoms with Crippen LogP contribution in [0.1, 0.15) is 18.4 Å². The highest BCUT2D eigenvalue weighted by atomic mass is 79.9. The minimum absolute atomic E-state index is 0.359. The number of nitrogens with zero attached hydrogens (tertiary/aromatic N) is 1. The summed E-state index contributed by atoms with van der Waals surface area (Å²) in [6, 6.07) is 4.20. The SMILES string of the molecule is FC(F)(F)c1ccc(N2CCCC2CBr)c(Br)c1. The van der Waals surface area contributed by atoms with Gasteiger partial charge in [-0.15, -0.1) is 0 Å². The Morgan fingerprint density at radius 3 is 2.61 bits per heavy atom. The molecule has 18 heavy (non-hydrogen) atoms. The zero-order chi connectivity index (χ0) is 13.3. The van der Waals surface area contributed by atoms with E-state index in [1.165, 1.54) is 0 Å². The van der Waals surface area contributed by atoms with Gasteiger partial charge in [-0.25, -0.2) is 0 Å². The number of anilines is 1. The van der Waals surface area contributed by atoms with Crippen LogP contribution in [-0.2, 0) is 6.18 Å². The maximum absolute atomic E-state index is 12.6. The van der Waals surface area contributed by atoms with Crippen molar-refractivity contribution in [3.05, 3.63) is 28.2 Å². The number of alkyl halides is 4. The van der Waals surface area contributed by atoms with Crippen molar-refractivity contribution in [2.24, 2.45) is 0 Å². The molecule has 1 aromatic rings. The summed E-state index contributed by atoms with van der Waals surface area (Å²) in [7, 11) is 0. The second-order valence-electron chi connectivity index (χ2n) is 4.31. The standard InChI is InChI=1S/C12H12Br2F3N/c13-7-9-2-1-5-18(9)11-4-3-8(6-10(11)14)12(15,16)17/h3-4,6,9H,1-2,5,7H2. The zero-order valence-electron chi connectivity index (χ0n) is 9.47. The molecule has 0 radical (unpaired) electrons. The lowest BCUT2D eigenvalue weighted by Gasteiger charge is -2.27. The quantitative estimate of drug-likeness (QED) is 0.658. The van der Waals surface area contributed by atoms with Crippen LogP contribution in [0, 0.1) is 0 Å². The van der Waals surface area contributed by atoms with Crippen molar-refractivity contribution in [1.29, 1.82) is 0 Å². The van der Waals surface area contributed by atoms with Crippen molar-refractivity contribution in [3.8, 4) is 0 Å². The first kappa shape index (κ1) is 14.2. The summed E-state index contributed by atoms with van der Waals surface area (Å²) in [5, 5.41) is 0.834. The second-order valence-corrected chi connectivity index (χ2v) is 5.81. The van der Waals surface area contributed by atoms with Crippen molar-refractivity contribution in [2.75, 3.05) is 16.8 Å². The molecule has 1 nitrogen and oxygen atoms in total. The molecule has 0 N–H and O–H groups in total. The van der Waals surface area contributed by atoms with E-state index < -0.39 is 11.7 Å². The Bertz CT molecular complexity index is 434. The van der Waals surface area contributed by atoms with Crippen molar-refractivity contribution in [2.45, 2.75) is 25.1 Å². The molecule has 1 atom stereocenters. The molecule has 1 aliphatic rings. The fourth-order valence-electron chi connectivity index (χ4n) is 2.23. The van der Waals surface area contributed by atoms with E-state index in [0.717, 1.165) is 42.5 Å². The number of benzene rings is 1. The number of rotatable bonds is 2. The molecule has 0 saturated carbocycles. The van der Waals surface area contributed by atoms with Crippen LogP contribution in [0.4, 0.5) is 18.9 Å². The molecule has 0 aliphatic carbocycles. The van der Waals surface area contributed by atoms with Crippen LogP contribution in [0.3, 0.4) is 0 Å². The third-order valence-electron chi connectivity index (χ3n) is 3.14. The molecule has 1 heterocycles. The molecule has 0 aromatic heterocycles. The Hall–Kier alpha value is -0.230. The fraction of sp³-hybridized carbons (Fsp3) is 0.500. The Kier molecular flexibility index (Phi) is 4.26. The van der Waals surface area contributed by atoms with E-state index in [1.807, 2.05) is 0 Å². The summed E-state index contributed by atoms with van der Waals surface area (Å²) in [6.45, 7) is 0.889. The van der Waals surface area contributed by atoms with Gasteiger partial charge >= 0.3 is 6.18 Å². The monoisotopic (exact) mass is 385 g/mol. The van der Waals surface area contributed by atoms with Crippen LogP contribution in [0.2, 0.25) is 0 Å². The highest BCUT2D eigenvalue weighted by Gasteiger charge is 2.32. The summed E-state index contributed by atoms with van der Waals surface area (Å²) >= 11 is 6.70. The van der Waals surface area contributed by atoms with E-state index in [9.17, 15) is 13.2 Å². The lowest BCUT2D eigenvalue weighted by molar-refractivity contribution is -0.137. The average Bonchev–Trinajstić information content (AvgIpc) is 2.75. The van der Waals surface area contributed by atoms with Gasteiger partial charge < -0.3 is 4.90 Å². The van der Waals surface area contributed by atoms with E-state index in [-0.39, 0.29) is 0 Å². The molecule has 1 aromatic carbocycles. The van der Waals surface area contributed by atoms with Gasteiger partial charge in [-0.1, -0.05) is 15.9 Å². The number of hydrogen-bond donors (Lipinski definition) is 0. The predicted octanol–water partition coefficient (Wildman–Crippen LogP) is 4.83. The molecule has 6 heteroatoms. The lowest BCUT2D eigenvalue weighted by atomic mass is 10.1. The van der Waals surface area contributed by atoms with Crippen molar-refractivity contribution in [1.82, 2.24) is 0 Å². The van der Waals surface area contributed by atoms with Gasteiger partial charge in [0.05, 0.1) is 11.3 Å². The van der Waals surface area contributed by atoms with Crippen LogP contribution in [0.25, 0.3) is 0 Å². The summed E-state index contributed by atoms with van der Waals surface area (Å²) in [4.78, 5) is 2.15. The minimum atomic E-state index is -4.29. The van der Waals surface area contributed by atoms with E-state index in [1.54, 1.807) is 6.07 Å². The molecule has 0 bridgehead atoms. The van der Waals surface area contributed by atoms with E-state index in [0.29, 0.717) is 10.5 Å². The van der Waals surface area contributed by atoms with Crippen LogP contribution >= 0.6 is 31.9 Å². The van der Waals surface area contributed by atoms with Crippen LogP contribution < -0.4 is 4.90 Å². The maximum Gasteiger partial charge on any atom is 0.416 e. The van der Waals surface area contributed by atoms with Gasteiger partial charge in [0.1, 0.15) is 0 Å². The summed E-state index contributed by atoms with van der Waals surface area (Å²) in [6.07, 6.45) is -2.15. The van der Waals surface area contributed by atoms with Gasteiger partial charge in [-0.05, 0) is 47.0 Å². The second kappa shape index (κ2) is 5.41. The first-order valence-corrected chi connectivity index (χ1v) is 7.54. The Morgan fingerprint density at radius 2 is 2.06 bits per heavy atom. The molecule has 100 valence electrons. The number of halogens is 5. The first-order valence-electron chi connectivity index (χ1n) is 5.63. The van der Waals surface area contributed by atoms with Crippen LogP contribution in [-0.4, -0.2) is 17.9 Å². The average molecular weight is 387 g/mol. The molecule has 0 spiro atoms. The highest BCUT2D eigenvalue weighted by Crippen LogP contribution is 2.37. The molecular formula is C12H12Br2F3N. The summed E-state index contributed by atoms with van der Waals surface area (Å²) < 4.78 is 38.2. The van der Waals surface area contributed by atoms with E-state index >= 15 is 0 Å². The van der Waals surface area contributed by atoms with Gasteiger partial charge in [-0.3, -0.25) is 0 Å². The van der Waals surface area contributed by atoms with Gasteiger partial charge in [0.25, 0.3) is 0 Å².